The van der Waals surface area contributed by atoms with Crippen molar-refractivity contribution in [3.05, 3.63) is 50.0 Å². The average Bonchev–Trinajstić information content (AvgIpc) is 2.97. The molecular formula is C18H19N3O2S. The van der Waals surface area contributed by atoms with E-state index in [1.165, 1.54) is 4.57 Å². The van der Waals surface area contributed by atoms with Crippen molar-refractivity contribution in [1.82, 2.24) is 9.13 Å². The standard InChI is InChI=1S/C18H19N3O2S/c1-4-20-16(22)14(17(23)21(5-2)18(20)24)9-12-10-19-15-11(3)7-6-8-13(12)15/h6-10,22H,4-5H2,1-3H3. The molecular weight excluding hydrogens is 322 g/mol. The van der Waals surface area contributed by atoms with Gasteiger partial charge in [-0.25, -0.2) is 0 Å². The number of benzene rings is 1. The molecule has 1 N–H and O–H groups in total. The van der Waals surface area contributed by atoms with Crippen molar-refractivity contribution < 1.29 is 5.11 Å². The van der Waals surface area contributed by atoms with E-state index >= 15 is 0 Å². The van der Waals surface area contributed by atoms with E-state index in [0.717, 1.165) is 22.4 Å². The molecule has 124 valence electrons. The van der Waals surface area contributed by atoms with Crippen LogP contribution in [0, 0.1) is 11.7 Å². The summed E-state index contributed by atoms with van der Waals surface area (Å²) in [5, 5.41) is 10.5. The van der Waals surface area contributed by atoms with Crippen molar-refractivity contribution >= 4 is 35.8 Å². The number of aromatic hydroxyl groups is 1. The van der Waals surface area contributed by atoms with E-state index in [9.17, 15) is 9.90 Å². The molecule has 2 aromatic rings. The van der Waals surface area contributed by atoms with Gasteiger partial charge in [-0.15, -0.1) is 0 Å². The minimum absolute atomic E-state index is 0.0980. The minimum atomic E-state index is -0.285. The van der Waals surface area contributed by atoms with Gasteiger partial charge in [0.1, 0.15) is 5.56 Å². The van der Waals surface area contributed by atoms with Gasteiger partial charge in [-0.2, -0.15) is 0 Å². The van der Waals surface area contributed by atoms with Gasteiger partial charge in [0.25, 0.3) is 5.56 Å². The first-order valence-corrected chi connectivity index (χ1v) is 8.32. The topological polar surface area (TPSA) is 59.5 Å². The average molecular weight is 341 g/mol. The van der Waals surface area contributed by atoms with Crippen molar-refractivity contribution in [2.75, 3.05) is 0 Å². The minimum Gasteiger partial charge on any atom is -0.494 e. The van der Waals surface area contributed by atoms with Gasteiger partial charge in [-0.05, 0) is 44.6 Å². The number of nitrogens with zero attached hydrogens (tertiary/aromatic N) is 3. The van der Waals surface area contributed by atoms with Crippen molar-refractivity contribution in [2.24, 2.45) is 4.99 Å². The third kappa shape index (κ3) is 2.43. The van der Waals surface area contributed by atoms with Gasteiger partial charge in [0, 0.05) is 30.4 Å². The Labute approximate surface area is 145 Å². The maximum Gasteiger partial charge on any atom is 0.265 e. The highest BCUT2D eigenvalue weighted by Gasteiger charge is 2.18. The van der Waals surface area contributed by atoms with Crippen LogP contribution in [-0.4, -0.2) is 20.5 Å². The van der Waals surface area contributed by atoms with Gasteiger partial charge in [-0.3, -0.25) is 18.9 Å². The van der Waals surface area contributed by atoms with Crippen LogP contribution in [0.2, 0.25) is 0 Å². The first-order valence-electron chi connectivity index (χ1n) is 7.91. The summed E-state index contributed by atoms with van der Waals surface area (Å²) >= 11 is 5.31. The Balaban J connectivity index is 2.27. The zero-order chi connectivity index (χ0) is 17.4. The third-order valence-electron chi connectivity index (χ3n) is 4.25. The summed E-state index contributed by atoms with van der Waals surface area (Å²) in [5.41, 5.74) is 3.70. The van der Waals surface area contributed by atoms with Gasteiger partial charge in [0.15, 0.2) is 4.77 Å². The molecule has 3 rings (SSSR count). The van der Waals surface area contributed by atoms with Gasteiger partial charge in [0.05, 0.1) is 5.69 Å². The summed E-state index contributed by atoms with van der Waals surface area (Å²) < 4.78 is 3.39. The molecule has 1 aromatic carbocycles. The van der Waals surface area contributed by atoms with Crippen molar-refractivity contribution in [3.8, 4) is 5.88 Å². The number of aromatic nitrogens is 2. The lowest BCUT2D eigenvalue weighted by Crippen LogP contribution is -2.26. The van der Waals surface area contributed by atoms with E-state index in [1.54, 1.807) is 16.9 Å². The number of rotatable bonds is 3. The number of para-hydroxylation sites is 1. The van der Waals surface area contributed by atoms with Gasteiger partial charge < -0.3 is 5.11 Å². The molecule has 6 heteroatoms. The molecule has 0 saturated carbocycles. The largest absolute Gasteiger partial charge is 0.494 e. The Bertz CT molecular complexity index is 997. The number of allylic oxidation sites excluding steroid dienone is 1. The second-order valence-corrected chi connectivity index (χ2v) is 6.01. The van der Waals surface area contributed by atoms with Gasteiger partial charge >= 0.3 is 0 Å². The highest BCUT2D eigenvalue weighted by Crippen LogP contribution is 2.35. The normalized spacial score (nSPS) is 14.4. The lowest BCUT2D eigenvalue weighted by molar-refractivity contribution is 0.399. The van der Waals surface area contributed by atoms with Crippen molar-refractivity contribution in [2.45, 2.75) is 33.9 Å². The number of aryl methyl sites for hydroxylation is 1. The first-order chi connectivity index (χ1) is 11.5. The smallest absolute Gasteiger partial charge is 0.265 e. The molecule has 0 aliphatic carbocycles. The maximum absolute atomic E-state index is 12.7. The predicted molar refractivity (Wildman–Crippen MR) is 99.7 cm³/mol. The third-order valence-corrected chi connectivity index (χ3v) is 4.69. The summed E-state index contributed by atoms with van der Waals surface area (Å²) in [7, 11) is 0. The second-order valence-electron chi connectivity index (χ2n) is 5.64. The SMILES string of the molecule is CCn1c(O)c(C=C2C=Nc3c(C)cccc32)c(=O)n(CC)c1=S. The van der Waals surface area contributed by atoms with Gasteiger partial charge in [-0.1, -0.05) is 18.2 Å². The molecule has 1 aromatic heterocycles. The Morgan fingerprint density at radius 2 is 1.96 bits per heavy atom. The lowest BCUT2D eigenvalue weighted by Gasteiger charge is -2.14. The number of hydrogen-bond donors (Lipinski definition) is 1. The van der Waals surface area contributed by atoms with E-state index in [1.807, 2.05) is 39.0 Å². The first kappa shape index (κ1) is 16.4. The fraction of sp³-hybridized carbons (Fsp3) is 0.278. The Kier molecular flexibility index (Phi) is 4.24. The lowest BCUT2D eigenvalue weighted by atomic mass is 10.0. The van der Waals surface area contributed by atoms with Crippen LogP contribution in [0.4, 0.5) is 5.69 Å². The van der Waals surface area contributed by atoms with Gasteiger partial charge in [0.2, 0.25) is 5.88 Å². The van der Waals surface area contributed by atoms with Crippen LogP contribution in [0.3, 0.4) is 0 Å². The fourth-order valence-corrected chi connectivity index (χ4v) is 3.36. The van der Waals surface area contributed by atoms with E-state index in [2.05, 4.69) is 4.99 Å². The number of fused-ring (bicyclic) bond motifs is 1. The molecule has 5 nitrogen and oxygen atoms in total. The Morgan fingerprint density at radius 3 is 2.62 bits per heavy atom. The van der Waals surface area contributed by atoms with E-state index < -0.39 is 0 Å². The van der Waals surface area contributed by atoms with Crippen LogP contribution < -0.4 is 5.56 Å². The Hall–Kier alpha value is -2.47. The quantitative estimate of drug-likeness (QED) is 0.866. The summed E-state index contributed by atoms with van der Waals surface area (Å²) in [6.07, 6.45) is 3.42. The monoisotopic (exact) mass is 341 g/mol. The van der Waals surface area contributed by atoms with Crippen LogP contribution in [0.1, 0.15) is 30.5 Å². The molecule has 0 atom stereocenters. The van der Waals surface area contributed by atoms with Crippen molar-refractivity contribution in [1.29, 1.82) is 0 Å². The second kappa shape index (κ2) is 6.20. The molecule has 0 saturated heterocycles. The maximum atomic E-state index is 12.7. The molecule has 1 aliphatic heterocycles. The molecule has 0 radical (unpaired) electrons. The zero-order valence-corrected chi connectivity index (χ0v) is 14.7. The molecule has 0 spiro atoms. The molecule has 1 aliphatic rings. The predicted octanol–water partition coefficient (Wildman–Crippen LogP) is 3.69. The molecule has 2 heterocycles. The van der Waals surface area contributed by atoms with Crippen LogP contribution in [-0.2, 0) is 13.1 Å². The highest BCUT2D eigenvalue weighted by atomic mass is 32.1. The Morgan fingerprint density at radius 1 is 1.25 bits per heavy atom. The highest BCUT2D eigenvalue weighted by molar-refractivity contribution is 7.71. The molecule has 24 heavy (non-hydrogen) atoms. The molecule has 0 bridgehead atoms. The number of aliphatic imine (C=N–C) groups is 1. The molecule has 0 unspecified atom stereocenters. The zero-order valence-electron chi connectivity index (χ0n) is 13.9. The molecule has 0 amide bonds. The van der Waals surface area contributed by atoms with Crippen LogP contribution in [0.25, 0.3) is 11.6 Å². The van der Waals surface area contributed by atoms with E-state index in [0.29, 0.717) is 17.9 Å². The van der Waals surface area contributed by atoms with Crippen LogP contribution in [0.5, 0.6) is 5.88 Å². The fourth-order valence-electron chi connectivity index (χ4n) is 2.94. The number of hydrogen-bond acceptors (Lipinski definition) is 4. The molecule has 0 fully saturated rings. The van der Waals surface area contributed by atoms with Crippen LogP contribution >= 0.6 is 12.2 Å². The summed E-state index contributed by atoms with van der Waals surface area (Å²) in [5.74, 6) is -0.0980. The van der Waals surface area contributed by atoms with E-state index in [-0.39, 0.29) is 17.0 Å². The van der Waals surface area contributed by atoms with E-state index in [4.69, 9.17) is 12.2 Å². The summed E-state index contributed by atoms with van der Waals surface area (Å²) in [4.78, 5) is 17.1. The van der Waals surface area contributed by atoms with Crippen molar-refractivity contribution in [3.63, 3.8) is 0 Å². The van der Waals surface area contributed by atoms with Crippen LogP contribution in [0.15, 0.2) is 28.0 Å². The summed E-state index contributed by atoms with van der Waals surface area (Å²) in [6, 6.07) is 5.92. The summed E-state index contributed by atoms with van der Waals surface area (Å²) in [6.45, 7) is 6.69.